The summed E-state index contributed by atoms with van der Waals surface area (Å²) in [5.74, 6) is -0.840. The topological polar surface area (TPSA) is 68.1 Å². The van der Waals surface area contributed by atoms with Crippen molar-refractivity contribution in [2.75, 3.05) is 27.7 Å². The number of ether oxygens (including phenoxy) is 1. The molecule has 100 valence electrons. The molecule has 0 aromatic rings. The summed E-state index contributed by atoms with van der Waals surface area (Å²) in [5.41, 5.74) is 0. The van der Waals surface area contributed by atoms with Crippen LogP contribution in [0, 0.1) is 0 Å². The molecule has 1 N–H and O–H groups in total. The summed E-state index contributed by atoms with van der Waals surface area (Å²) in [6.07, 6.45) is -0.00230. The predicted octanol–water partition coefficient (Wildman–Crippen LogP) is -4.58. The van der Waals surface area contributed by atoms with E-state index >= 15 is 0 Å². The van der Waals surface area contributed by atoms with E-state index in [0.717, 1.165) is 5.01 Å². The molecule has 0 fully saturated rings. The van der Waals surface area contributed by atoms with Crippen molar-refractivity contribution in [2.45, 2.75) is 19.8 Å². The van der Waals surface area contributed by atoms with Gasteiger partial charge in [0, 0.05) is 0 Å². The van der Waals surface area contributed by atoms with Crippen LogP contribution in [0.4, 0.5) is 0 Å². The molecule has 0 atom stereocenters. The van der Waals surface area contributed by atoms with Gasteiger partial charge in [-0.15, -0.1) is 0 Å². The van der Waals surface area contributed by atoms with Gasteiger partial charge in [0.1, 0.15) is 5.78 Å². The van der Waals surface area contributed by atoms with Gasteiger partial charge >= 0.3 is 5.97 Å². The minimum atomic E-state index is -0.373. The summed E-state index contributed by atoms with van der Waals surface area (Å²) in [6, 6.07) is 0. The van der Waals surface area contributed by atoms with Crippen LogP contribution in [0.15, 0.2) is 0 Å². The summed E-state index contributed by atoms with van der Waals surface area (Å²) in [5, 5.41) is 2.19. The normalized spacial score (nSPS) is 9.47. The Balaban J connectivity index is 0. The first-order valence-corrected chi connectivity index (χ1v) is 5.05. The van der Waals surface area contributed by atoms with Crippen molar-refractivity contribution < 1.29 is 36.5 Å². The van der Waals surface area contributed by atoms with E-state index in [1.54, 1.807) is 14.1 Å². The van der Waals surface area contributed by atoms with Gasteiger partial charge in [-0.05, 0) is 6.92 Å². The Morgan fingerprint density at radius 2 is 1.76 bits per heavy atom. The predicted molar refractivity (Wildman–Crippen MR) is 56.5 cm³/mol. The number of amides is 1. The molecule has 0 aromatic heterocycles. The highest BCUT2D eigenvalue weighted by Crippen LogP contribution is 1.93. The number of rotatable bonds is 6. The molecule has 0 rings (SSSR count). The SMILES string of the molecule is COC(=O)CCN(C(=O)CC(C)=O)[NH+](C)C.[Cl-]. The van der Waals surface area contributed by atoms with Gasteiger partial charge in [-0.3, -0.25) is 14.4 Å². The third-order valence-electron chi connectivity index (χ3n) is 2.01. The number of esters is 1. The van der Waals surface area contributed by atoms with E-state index in [-0.39, 0.29) is 49.5 Å². The zero-order valence-corrected chi connectivity index (χ0v) is 11.3. The second-order valence-corrected chi connectivity index (χ2v) is 3.70. The van der Waals surface area contributed by atoms with Crippen LogP contribution < -0.4 is 17.4 Å². The van der Waals surface area contributed by atoms with E-state index in [0.29, 0.717) is 0 Å². The standard InChI is InChI=1S/C10H18N2O4.ClH/c1-8(13)7-9(14)12(11(2)3)6-5-10(15)16-4;/h5-7H2,1-4H3;1H. The lowest BCUT2D eigenvalue weighted by atomic mass is 10.3. The van der Waals surface area contributed by atoms with E-state index < -0.39 is 0 Å². The van der Waals surface area contributed by atoms with Gasteiger partial charge in [0.15, 0.2) is 0 Å². The van der Waals surface area contributed by atoms with Gasteiger partial charge in [-0.25, -0.2) is 5.01 Å². The lowest BCUT2D eigenvalue weighted by Gasteiger charge is -2.24. The molecule has 0 heterocycles. The van der Waals surface area contributed by atoms with Crippen molar-refractivity contribution in [3.05, 3.63) is 0 Å². The van der Waals surface area contributed by atoms with E-state index in [9.17, 15) is 14.4 Å². The number of carbonyl (C=O) groups excluding carboxylic acids is 3. The smallest absolute Gasteiger partial charge is 0.307 e. The minimum absolute atomic E-state index is 0. The van der Waals surface area contributed by atoms with Crippen LogP contribution in [-0.4, -0.2) is 50.4 Å². The molecule has 17 heavy (non-hydrogen) atoms. The van der Waals surface area contributed by atoms with Crippen molar-refractivity contribution in [3.8, 4) is 0 Å². The Morgan fingerprint density at radius 1 is 1.24 bits per heavy atom. The fourth-order valence-electron chi connectivity index (χ4n) is 1.21. The van der Waals surface area contributed by atoms with E-state index in [2.05, 4.69) is 4.74 Å². The number of nitrogens with zero attached hydrogens (tertiary/aromatic N) is 1. The molecule has 0 aliphatic rings. The van der Waals surface area contributed by atoms with Gasteiger partial charge in [0.25, 0.3) is 5.91 Å². The quantitative estimate of drug-likeness (QED) is 0.299. The van der Waals surface area contributed by atoms with Crippen molar-refractivity contribution in [1.82, 2.24) is 5.01 Å². The van der Waals surface area contributed by atoms with Crippen LogP contribution >= 0.6 is 0 Å². The highest BCUT2D eigenvalue weighted by atomic mass is 35.5. The van der Waals surface area contributed by atoms with Crippen molar-refractivity contribution in [1.29, 1.82) is 0 Å². The van der Waals surface area contributed by atoms with Crippen LogP contribution in [0.3, 0.4) is 0 Å². The third-order valence-corrected chi connectivity index (χ3v) is 2.01. The Bertz CT molecular complexity index is 281. The van der Waals surface area contributed by atoms with Crippen LogP contribution in [-0.2, 0) is 19.1 Å². The lowest BCUT2D eigenvalue weighted by Crippen LogP contribution is -3.13. The molecular weight excluding hydrogens is 248 g/mol. The Hall–Kier alpha value is -1.14. The molecule has 0 bridgehead atoms. The van der Waals surface area contributed by atoms with Gasteiger partial charge in [0.2, 0.25) is 0 Å². The van der Waals surface area contributed by atoms with Crippen molar-refractivity contribution >= 4 is 17.7 Å². The second-order valence-electron chi connectivity index (χ2n) is 3.70. The molecule has 0 saturated heterocycles. The molecule has 7 heteroatoms. The van der Waals surface area contributed by atoms with Crippen LogP contribution in [0.2, 0.25) is 0 Å². The number of hydrogen-bond donors (Lipinski definition) is 1. The number of hydrogen-bond acceptors (Lipinski definition) is 4. The summed E-state index contributed by atoms with van der Waals surface area (Å²) >= 11 is 0. The maximum absolute atomic E-state index is 11.6. The fourth-order valence-corrected chi connectivity index (χ4v) is 1.21. The fraction of sp³-hybridized carbons (Fsp3) is 0.700. The van der Waals surface area contributed by atoms with Gasteiger partial charge in [0.05, 0.1) is 40.6 Å². The minimum Gasteiger partial charge on any atom is -1.00 e. The van der Waals surface area contributed by atoms with Crippen LogP contribution in [0.5, 0.6) is 0 Å². The third kappa shape index (κ3) is 7.70. The largest absolute Gasteiger partial charge is 1.00 e. The highest BCUT2D eigenvalue weighted by Gasteiger charge is 2.21. The van der Waals surface area contributed by atoms with E-state index in [1.807, 2.05) is 0 Å². The van der Waals surface area contributed by atoms with Gasteiger partial charge < -0.3 is 17.1 Å². The maximum Gasteiger partial charge on any atom is 0.307 e. The summed E-state index contributed by atoms with van der Waals surface area (Å²) in [4.78, 5) is 33.4. The Labute approximate surface area is 107 Å². The molecule has 0 saturated carbocycles. The number of Topliss-reactive ketones (excluding diaryl/α,β-unsaturated/α-hetero) is 1. The first-order valence-electron chi connectivity index (χ1n) is 5.05. The molecule has 1 amide bonds. The Kier molecular flexibility index (Phi) is 9.60. The maximum atomic E-state index is 11.6. The first kappa shape index (κ1) is 18.2. The molecule has 0 aromatic carbocycles. The van der Waals surface area contributed by atoms with Gasteiger partial charge in [-0.1, -0.05) is 0 Å². The molecule has 0 radical (unpaired) electrons. The van der Waals surface area contributed by atoms with Crippen molar-refractivity contribution in [3.63, 3.8) is 0 Å². The number of nitrogens with one attached hydrogen (secondary N) is 1. The summed E-state index contributed by atoms with van der Waals surface area (Å²) in [7, 11) is 4.82. The molecule has 6 nitrogen and oxygen atoms in total. The number of ketones is 1. The van der Waals surface area contributed by atoms with Crippen molar-refractivity contribution in [2.24, 2.45) is 0 Å². The Morgan fingerprint density at radius 3 is 2.12 bits per heavy atom. The molecular formula is C10H19ClN2O4. The number of carbonyl (C=O) groups is 3. The van der Waals surface area contributed by atoms with Crippen LogP contribution in [0.1, 0.15) is 19.8 Å². The van der Waals surface area contributed by atoms with Gasteiger partial charge in [-0.2, -0.15) is 5.01 Å². The molecule has 0 aliphatic heterocycles. The average Bonchev–Trinajstić information content (AvgIpc) is 2.15. The molecule has 0 unspecified atom stereocenters. The average molecular weight is 267 g/mol. The molecule has 0 aliphatic carbocycles. The monoisotopic (exact) mass is 266 g/mol. The number of methoxy groups -OCH3 is 1. The highest BCUT2D eigenvalue weighted by molar-refractivity contribution is 5.96. The summed E-state index contributed by atoms with van der Waals surface area (Å²) in [6.45, 7) is 1.61. The number of quaternary nitrogens is 1. The van der Waals surface area contributed by atoms with Crippen LogP contribution in [0.25, 0.3) is 0 Å². The van der Waals surface area contributed by atoms with E-state index in [4.69, 9.17) is 0 Å². The first-order chi connectivity index (χ1) is 7.38. The summed E-state index contributed by atoms with van der Waals surface area (Å²) < 4.78 is 4.49. The number of halogens is 1. The zero-order valence-electron chi connectivity index (χ0n) is 10.6. The zero-order chi connectivity index (χ0) is 12.7. The second kappa shape index (κ2) is 8.95. The lowest BCUT2D eigenvalue weighted by molar-refractivity contribution is -0.968. The molecule has 0 spiro atoms. The van der Waals surface area contributed by atoms with E-state index in [1.165, 1.54) is 19.0 Å².